The first-order valence-corrected chi connectivity index (χ1v) is 22.8. The van der Waals surface area contributed by atoms with Crippen LogP contribution in [0.15, 0.2) is 235 Å². The third-order valence-corrected chi connectivity index (χ3v) is 14.0. The molecule has 10 aromatic carbocycles. The maximum atomic E-state index is 6.76. The van der Waals surface area contributed by atoms with Crippen molar-refractivity contribution in [2.45, 2.75) is 19.3 Å². The van der Waals surface area contributed by atoms with Crippen LogP contribution in [0.3, 0.4) is 0 Å². The predicted octanol–water partition coefficient (Wildman–Crippen LogP) is 17.5. The molecular weight excluding hydrogens is 801 g/mol. The van der Waals surface area contributed by atoms with Gasteiger partial charge in [0.1, 0.15) is 11.2 Å². The number of hydrogen-bond donors (Lipinski definition) is 0. The minimum atomic E-state index is -0.151. The normalized spacial score (nSPS) is 12.8. The van der Waals surface area contributed by atoms with Gasteiger partial charge in [0, 0.05) is 61.3 Å². The van der Waals surface area contributed by atoms with E-state index in [4.69, 9.17) is 4.42 Å². The summed E-state index contributed by atoms with van der Waals surface area (Å²) >= 11 is 0. The van der Waals surface area contributed by atoms with Crippen molar-refractivity contribution in [3.63, 3.8) is 0 Å². The Bertz CT molecular complexity index is 3810. The van der Waals surface area contributed by atoms with Crippen LogP contribution in [0.4, 0.5) is 17.1 Å². The SMILES string of the molecule is CC1(C)c2ccccc2-c2ccc(N(c3ccc(-c4ccccc4)cc3)c3ccc4c5c(-c6ccccc6)c6c(cc5n(-c5ccc(-c7ccccc7)cc5)c4c3)oc3ccccc36)cc21. The molecule has 2 aromatic heterocycles. The van der Waals surface area contributed by atoms with Gasteiger partial charge in [0.05, 0.1) is 11.0 Å². The third-order valence-electron chi connectivity index (χ3n) is 14.0. The molecule has 0 fully saturated rings. The van der Waals surface area contributed by atoms with E-state index >= 15 is 0 Å². The Morgan fingerprint density at radius 3 is 1.64 bits per heavy atom. The van der Waals surface area contributed by atoms with Crippen molar-refractivity contribution < 1.29 is 4.42 Å². The van der Waals surface area contributed by atoms with Crippen molar-refractivity contribution in [3.05, 3.63) is 242 Å². The zero-order valence-electron chi connectivity index (χ0n) is 36.7. The Balaban J connectivity index is 1.09. The van der Waals surface area contributed by atoms with Gasteiger partial charge < -0.3 is 13.9 Å². The van der Waals surface area contributed by atoms with Crippen molar-refractivity contribution in [1.29, 1.82) is 0 Å². The van der Waals surface area contributed by atoms with Gasteiger partial charge in [0.15, 0.2) is 0 Å². The summed E-state index contributed by atoms with van der Waals surface area (Å²) in [5.74, 6) is 0. The summed E-state index contributed by atoms with van der Waals surface area (Å²) in [4.78, 5) is 2.44. The molecule has 312 valence electrons. The topological polar surface area (TPSA) is 21.3 Å². The summed E-state index contributed by atoms with van der Waals surface area (Å²) in [5.41, 5.74) is 20.6. The van der Waals surface area contributed by atoms with Crippen molar-refractivity contribution in [2.24, 2.45) is 0 Å². The van der Waals surface area contributed by atoms with E-state index < -0.39 is 0 Å². The number of para-hydroxylation sites is 1. The number of hydrogen-bond acceptors (Lipinski definition) is 2. The number of aromatic nitrogens is 1. The fourth-order valence-electron chi connectivity index (χ4n) is 10.8. The van der Waals surface area contributed by atoms with E-state index in [1.165, 1.54) is 60.8 Å². The standard InChI is InChI=1S/C63H44N2O/c1-63(2)54-24-14-12-22-50(54)51-36-34-48(38-55(51)63)64(46-30-26-43(27-31-46)41-16-6-3-7-17-41)49-35-37-52-56(39-49)65(47-32-28-44(29-33-47)42-18-8-4-9-19-42)57-40-59-62(53-23-13-15-25-58(53)66-59)60(61(52)57)45-20-10-5-11-21-45/h3-40H,1-2H3. The van der Waals surface area contributed by atoms with Gasteiger partial charge >= 0.3 is 0 Å². The first-order chi connectivity index (χ1) is 32.5. The number of benzene rings is 10. The summed E-state index contributed by atoms with van der Waals surface area (Å²) in [6, 6.07) is 83.8. The van der Waals surface area contributed by atoms with E-state index in [0.717, 1.165) is 61.3 Å². The van der Waals surface area contributed by atoms with E-state index in [0.29, 0.717) is 0 Å². The average molecular weight is 845 g/mol. The molecule has 3 nitrogen and oxygen atoms in total. The van der Waals surface area contributed by atoms with Crippen LogP contribution < -0.4 is 4.90 Å². The predicted molar refractivity (Wildman–Crippen MR) is 277 cm³/mol. The molecule has 0 saturated carbocycles. The maximum Gasteiger partial charge on any atom is 0.138 e. The van der Waals surface area contributed by atoms with Crippen LogP contribution in [0.1, 0.15) is 25.0 Å². The van der Waals surface area contributed by atoms with Gasteiger partial charge in [-0.15, -0.1) is 0 Å². The number of nitrogens with zero attached hydrogens (tertiary/aromatic N) is 2. The van der Waals surface area contributed by atoms with E-state index in [9.17, 15) is 0 Å². The first-order valence-electron chi connectivity index (χ1n) is 22.8. The maximum absolute atomic E-state index is 6.76. The molecule has 3 heteroatoms. The van der Waals surface area contributed by atoms with Gasteiger partial charge in [-0.25, -0.2) is 0 Å². The van der Waals surface area contributed by atoms with Gasteiger partial charge in [-0.3, -0.25) is 0 Å². The van der Waals surface area contributed by atoms with Gasteiger partial charge in [0.2, 0.25) is 0 Å². The van der Waals surface area contributed by atoms with Crippen LogP contribution in [0.2, 0.25) is 0 Å². The van der Waals surface area contributed by atoms with Crippen LogP contribution in [-0.4, -0.2) is 4.57 Å². The smallest absolute Gasteiger partial charge is 0.138 e. The Morgan fingerprint density at radius 2 is 0.924 bits per heavy atom. The molecule has 66 heavy (non-hydrogen) atoms. The van der Waals surface area contributed by atoms with E-state index in [2.05, 4.69) is 254 Å². The van der Waals surface area contributed by atoms with Gasteiger partial charge in [-0.1, -0.05) is 184 Å². The van der Waals surface area contributed by atoms with Crippen molar-refractivity contribution in [1.82, 2.24) is 4.57 Å². The highest BCUT2D eigenvalue weighted by molar-refractivity contribution is 6.27. The number of furan rings is 1. The summed E-state index contributed by atoms with van der Waals surface area (Å²) in [7, 11) is 0. The average Bonchev–Trinajstić information content (AvgIpc) is 3.99. The molecule has 2 heterocycles. The van der Waals surface area contributed by atoms with Crippen molar-refractivity contribution in [2.75, 3.05) is 4.90 Å². The Labute approximate surface area is 384 Å². The van der Waals surface area contributed by atoms with Crippen LogP contribution in [0.5, 0.6) is 0 Å². The molecule has 0 spiro atoms. The monoisotopic (exact) mass is 844 g/mol. The summed E-state index contributed by atoms with van der Waals surface area (Å²) in [6.45, 7) is 4.72. The molecule has 0 amide bonds. The fraction of sp³-hybridized carbons (Fsp3) is 0.0476. The highest BCUT2D eigenvalue weighted by atomic mass is 16.3. The summed E-state index contributed by atoms with van der Waals surface area (Å²) in [6.07, 6.45) is 0. The molecule has 1 aliphatic carbocycles. The summed E-state index contributed by atoms with van der Waals surface area (Å²) < 4.78 is 9.21. The molecule has 12 aromatic rings. The second-order valence-corrected chi connectivity index (χ2v) is 18.1. The van der Waals surface area contributed by atoms with E-state index in [1.54, 1.807) is 0 Å². The lowest BCUT2D eigenvalue weighted by Gasteiger charge is -2.28. The molecule has 0 saturated heterocycles. The molecular formula is C63H44N2O. The second-order valence-electron chi connectivity index (χ2n) is 18.1. The minimum Gasteiger partial charge on any atom is -0.456 e. The lowest BCUT2D eigenvalue weighted by Crippen LogP contribution is -2.16. The first kappa shape index (κ1) is 38.1. The lowest BCUT2D eigenvalue weighted by atomic mass is 9.82. The molecule has 0 N–H and O–H groups in total. The highest BCUT2D eigenvalue weighted by Crippen LogP contribution is 2.52. The number of anilines is 3. The zero-order valence-corrected chi connectivity index (χ0v) is 36.7. The van der Waals surface area contributed by atoms with Gasteiger partial charge in [-0.05, 0) is 105 Å². The Hall–Kier alpha value is -8.40. The molecule has 0 radical (unpaired) electrons. The van der Waals surface area contributed by atoms with Crippen LogP contribution in [0.25, 0.3) is 93.9 Å². The second kappa shape index (κ2) is 14.8. The largest absolute Gasteiger partial charge is 0.456 e. The van der Waals surface area contributed by atoms with Crippen LogP contribution in [-0.2, 0) is 5.41 Å². The quantitative estimate of drug-likeness (QED) is 0.159. The lowest BCUT2D eigenvalue weighted by molar-refractivity contribution is 0.660. The third kappa shape index (κ3) is 5.90. The van der Waals surface area contributed by atoms with Crippen molar-refractivity contribution >= 4 is 60.8 Å². The number of fused-ring (bicyclic) bond motifs is 9. The van der Waals surface area contributed by atoms with Crippen LogP contribution in [0, 0.1) is 0 Å². The molecule has 13 rings (SSSR count). The van der Waals surface area contributed by atoms with E-state index in [-0.39, 0.29) is 5.41 Å². The molecule has 0 aliphatic heterocycles. The number of rotatable bonds is 7. The van der Waals surface area contributed by atoms with Gasteiger partial charge in [0.25, 0.3) is 0 Å². The highest BCUT2D eigenvalue weighted by Gasteiger charge is 2.36. The van der Waals surface area contributed by atoms with Crippen LogP contribution >= 0.6 is 0 Å². The Kier molecular flexibility index (Phi) is 8.56. The van der Waals surface area contributed by atoms with Gasteiger partial charge in [-0.2, -0.15) is 0 Å². The molecule has 0 unspecified atom stereocenters. The van der Waals surface area contributed by atoms with Crippen molar-refractivity contribution in [3.8, 4) is 50.2 Å². The molecule has 0 atom stereocenters. The minimum absolute atomic E-state index is 0.151. The van der Waals surface area contributed by atoms with E-state index in [1.807, 2.05) is 0 Å². The summed E-state index contributed by atoms with van der Waals surface area (Å²) in [5, 5.41) is 4.63. The fourth-order valence-corrected chi connectivity index (χ4v) is 10.8. The molecule has 1 aliphatic rings. The zero-order chi connectivity index (χ0) is 43.9. The molecule has 0 bridgehead atoms. The Morgan fingerprint density at radius 1 is 0.379 bits per heavy atom.